The van der Waals surface area contributed by atoms with E-state index in [1.165, 1.54) is 10.3 Å². The first-order valence-electron chi connectivity index (χ1n) is 7.55. The van der Waals surface area contributed by atoms with Gasteiger partial charge in [-0.25, -0.2) is 4.98 Å². The van der Waals surface area contributed by atoms with Gasteiger partial charge in [0.05, 0.1) is 16.3 Å². The number of thiazole rings is 1. The summed E-state index contributed by atoms with van der Waals surface area (Å²) in [5.41, 5.74) is 2.27. The molecule has 23 heavy (non-hydrogen) atoms. The number of rotatable bonds is 4. The lowest BCUT2D eigenvalue weighted by Crippen LogP contribution is -2.38. The van der Waals surface area contributed by atoms with Crippen molar-refractivity contribution in [2.24, 2.45) is 0 Å². The normalized spacial score (nSPS) is 12.1. The number of fused-ring (bicyclic) bond motifs is 1. The molecule has 118 valence electrons. The fourth-order valence-corrected chi connectivity index (χ4v) is 3.60. The van der Waals surface area contributed by atoms with Gasteiger partial charge >= 0.3 is 0 Å². The molecule has 0 saturated heterocycles. The van der Waals surface area contributed by atoms with Crippen LogP contribution in [0.15, 0.2) is 54.6 Å². The first-order valence-corrected chi connectivity index (χ1v) is 8.77. The molecule has 3 aromatic rings. The van der Waals surface area contributed by atoms with Gasteiger partial charge in [-0.05, 0) is 36.8 Å². The predicted octanol–water partition coefficient (Wildman–Crippen LogP) is 4.36. The lowest BCUT2D eigenvalue weighted by atomic mass is 10.2. The van der Waals surface area contributed by atoms with E-state index in [9.17, 15) is 0 Å². The zero-order chi connectivity index (χ0) is 16.2. The van der Waals surface area contributed by atoms with Gasteiger partial charge in [0.15, 0.2) is 5.11 Å². The van der Waals surface area contributed by atoms with Gasteiger partial charge < -0.3 is 10.2 Å². The van der Waals surface area contributed by atoms with Gasteiger partial charge in [-0.3, -0.25) is 0 Å². The molecule has 0 bridgehead atoms. The summed E-state index contributed by atoms with van der Waals surface area (Å²) in [4.78, 5) is 6.79. The molecule has 5 heteroatoms. The van der Waals surface area contributed by atoms with Gasteiger partial charge in [-0.15, -0.1) is 11.3 Å². The molecule has 0 radical (unpaired) electrons. The van der Waals surface area contributed by atoms with Gasteiger partial charge in [0, 0.05) is 13.6 Å². The predicted molar refractivity (Wildman–Crippen MR) is 102 cm³/mol. The molecule has 0 fully saturated rings. The third-order valence-corrected chi connectivity index (χ3v) is 5.49. The number of para-hydroxylation sites is 1. The van der Waals surface area contributed by atoms with Crippen LogP contribution in [0.2, 0.25) is 0 Å². The molecule has 1 heterocycles. The Balaban J connectivity index is 1.66. The Morgan fingerprint density at radius 3 is 2.61 bits per heavy atom. The molecule has 0 aliphatic heterocycles. The van der Waals surface area contributed by atoms with Crippen LogP contribution in [-0.2, 0) is 6.54 Å². The Labute approximate surface area is 146 Å². The molecule has 0 aliphatic rings. The highest BCUT2D eigenvalue weighted by Gasteiger charge is 2.18. The number of benzene rings is 2. The Bertz CT molecular complexity index is 765. The van der Waals surface area contributed by atoms with Crippen LogP contribution in [0.4, 0.5) is 0 Å². The molecule has 1 aromatic heterocycles. The highest BCUT2D eigenvalue weighted by Crippen LogP contribution is 2.28. The van der Waals surface area contributed by atoms with Gasteiger partial charge in [-0.2, -0.15) is 0 Å². The minimum absolute atomic E-state index is 0.142. The van der Waals surface area contributed by atoms with E-state index in [1.807, 2.05) is 43.4 Å². The van der Waals surface area contributed by atoms with Crippen molar-refractivity contribution in [1.82, 2.24) is 15.2 Å². The van der Waals surface area contributed by atoms with Gasteiger partial charge in [0.1, 0.15) is 5.01 Å². The van der Waals surface area contributed by atoms with Gasteiger partial charge in [-0.1, -0.05) is 42.5 Å². The molecule has 3 rings (SSSR count). The van der Waals surface area contributed by atoms with E-state index in [2.05, 4.69) is 35.3 Å². The monoisotopic (exact) mass is 341 g/mol. The smallest absolute Gasteiger partial charge is 0.169 e. The van der Waals surface area contributed by atoms with Crippen LogP contribution in [0.5, 0.6) is 0 Å². The molecule has 0 aliphatic carbocycles. The van der Waals surface area contributed by atoms with Gasteiger partial charge in [0.25, 0.3) is 0 Å². The SMILES string of the molecule is C[C@H](c1nc2ccccc2s1)N(C)C(=S)NCc1ccccc1. The third kappa shape index (κ3) is 3.68. The van der Waals surface area contributed by atoms with E-state index in [-0.39, 0.29) is 6.04 Å². The van der Waals surface area contributed by atoms with Crippen molar-refractivity contribution >= 4 is 38.9 Å². The van der Waals surface area contributed by atoms with Crippen LogP contribution >= 0.6 is 23.6 Å². The Morgan fingerprint density at radius 2 is 1.87 bits per heavy atom. The van der Waals surface area contributed by atoms with Crippen LogP contribution in [0.1, 0.15) is 23.5 Å². The molecule has 1 N–H and O–H groups in total. The second-order valence-corrected chi connectivity index (χ2v) is 6.90. The van der Waals surface area contributed by atoms with E-state index in [0.29, 0.717) is 0 Å². The summed E-state index contributed by atoms with van der Waals surface area (Å²) in [6.07, 6.45) is 0. The maximum absolute atomic E-state index is 5.52. The van der Waals surface area contributed by atoms with Crippen molar-refractivity contribution in [3.8, 4) is 0 Å². The molecule has 3 nitrogen and oxygen atoms in total. The first kappa shape index (κ1) is 15.9. The second kappa shape index (κ2) is 7.06. The zero-order valence-corrected chi connectivity index (χ0v) is 14.8. The van der Waals surface area contributed by atoms with E-state index < -0.39 is 0 Å². The molecular weight excluding hydrogens is 322 g/mol. The van der Waals surface area contributed by atoms with Crippen LogP contribution in [-0.4, -0.2) is 22.0 Å². The van der Waals surface area contributed by atoms with Crippen molar-refractivity contribution in [2.45, 2.75) is 19.5 Å². The number of aromatic nitrogens is 1. The largest absolute Gasteiger partial charge is 0.358 e. The van der Waals surface area contributed by atoms with Crippen molar-refractivity contribution in [3.63, 3.8) is 0 Å². The van der Waals surface area contributed by atoms with Crippen molar-refractivity contribution in [2.75, 3.05) is 7.05 Å². The third-order valence-electron chi connectivity index (χ3n) is 3.86. The standard InChI is InChI=1S/C18H19N3S2/c1-13(17-20-15-10-6-7-11-16(15)23-17)21(2)18(22)19-12-14-8-4-3-5-9-14/h3-11,13H,12H2,1-2H3,(H,19,22)/t13-/m1/s1. The molecule has 0 saturated carbocycles. The first-order chi connectivity index (χ1) is 11.1. The minimum Gasteiger partial charge on any atom is -0.358 e. The average Bonchev–Trinajstić information content (AvgIpc) is 3.03. The van der Waals surface area contributed by atoms with Crippen molar-refractivity contribution < 1.29 is 0 Å². The van der Waals surface area contributed by atoms with Crippen LogP contribution in [0.3, 0.4) is 0 Å². The lowest BCUT2D eigenvalue weighted by Gasteiger charge is -2.26. The number of hydrogen-bond donors (Lipinski definition) is 1. The summed E-state index contributed by atoms with van der Waals surface area (Å²) in [6, 6.07) is 18.6. The van der Waals surface area contributed by atoms with E-state index in [0.717, 1.165) is 22.2 Å². The number of hydrogen-bond acceptors (Lipinski definition) is 3. The number of nitrogens with zero attached hydrogens (tertiary/aromatic N) is 2. The minimum atomic E-state index is 0.142. The summed E-state index contributed by atoms with van der Waals surface area (Å²) in [6.45, 7) is 2.87. The second-order valence-electron chi connectivity index (χ2n) is 5.45. The molecule has 0 amide bonds. The molecular formula is C18H19N3S2. The Kier molecular flexibility index (Phi) is 4.88. The van der Waals surface area contributed by atoms with E-state index >= 15 is 0 Å². The zero-order valence-electron chi connectivity index (χ0n) is 13.2. The summed E-state index contributed by atoms with van der Waals surface area (Å²) < 4.78 is 1.21. The Hall–Kier alpha value is -1.98. The highest BCUT2D eigenvalue weighted by molar-refractivity contribution is 7.80. The number of nitrogens with one attached hydrogen (secondary N) is 1. The fourth-order valence-electron chi connectivity index (χ4n) is 2.31. The fraction of sp³-hybridized carbons (Fsp3) is 0.222. The summed E-state index contributed by atoms with van der Waals surface area (Å²) in [7, 11) is 2.01. The van der Waals surface area contributed by atoms with Crippen LogP contribution < -0.4 is 5.32 Å². The van der Waals surface area contributed by atoms with Crippen molar-refractivity contribution in [1.29, 1.82) is 0 Å². The maximum atomic E-state index is 5.52. The van der Waals surface area contributed by atoms with Crippen molar-refractivity contribution in [3.05, 3.63) is 65.2 Å². The van der Waals surface area contributed by atoms with E-state index in [4.69, 9.17) is 17.2 Å². The highest BCUT2D eigenvalue weighted by atomic mass is 32.1. The summed E-state index contributed by atoms with van der Waals surface area (Å²) in [5, 5.41) is 5.14. The molecule has 0 spiro atoms. The van der Waals surface area contributed by atoms with E-state index in [1.54, 1.807) is 11.3 Å². The quantitative estimate of drug-likeness (QED) is 0.714. The molecule has 0 unspecified atom stereocenters. The van der Waals surface area contributed by atoms with Gasteiger partial charge in [0.2, 0.25) is 0 Å². The summed E-state index contributed by atoms with van der Waals surface area (Å²) >= 11 is 7.25. The average molecular weight is 342 g/mol. The Morgan fingerprint density at radius 1 is 1.17 bits per heavy atom. The molecule has 1 atom stereocenters. The lowest BCUT2D eigenvalue weighted by molar-refractivity contribution is 0.394. The van der Waals surface area contributed by atoms with Crippen LogP contribution in [0.25, 0.3) is 10.2 Å². The van der Waals surface area contributed by atoms with Crippen LogP contribution in [0, 0.1) is 0 Å². The topological polar surface area (TPSA) is 28.2 Å². The summed E-state index contributed by atoms with van der Waals surface area (Å²) in [5.74, 6) is 0. The maximum Gasteiger partial charge on any atom is 0.169 e. The number of thiocarbonyl (C=S) groups is 1. The molecule has 2 aromatic carbocycles.